The number of amides is 1. The van der Waals surface area contributed by atoms with E-state index in [1.165, 1.54) is 31.4 Å². The highest BCUT2D eigenvalue weighted by Gasteiger charge is 2.26. The molecule has 1 amide bonds. The monoisotopic (exact) mass is 285 g/mol. The van der Waals surface area contributed by atoms with Crippen LogP contribution in [0.5, 0.6) is 0 Å². The van der Waals surface area contributed by atoms with Crippen LogP contribution in [0.4, 0.5) is 0 Å². The largest absolute Gasteiger partial charge is 0.355 e. The van der Waals surface area contributed by atoms with Crippen LogP contribution in [-0.2, 0) is 14.6 Å². The Bertz CT molecular complexity index is 451. The lowest BCUT2D eigenvalue weighted by atomic mass is 9.97. The molecule has 1 rings (SSSR count). The second kappa shape index (κ2) is 7.48. The van der Waals surface area contributed by atoms with Crippen LogP contribution in [0.15, 0.2) is 24.3 Å². The maximum absolute atomic E-state index is 11.8. The lowest BCUT2D eigenvalue weighted by Crippen LogP contribution is -2.39. The van der Waals surface area contributed by atoms with Crippen LogP contribution in [0.25, 0.3) is 0 Å². The van der Waals surface area contributed by atoms with Crippen molar-refractivity contribution in [3.8, 4) is 0 Å². The van der Waals surface area contributed by atoms with E-state index in [9.17, 15) is 13.2 Å². The molecule has 1 aliphatic carbocycles. The molecule has 0 spiro atoms. The molecule has 1 atom stereocenters. The number of hydrogen-bond acceptors (Lipinski definition) is 3. The van der Waals surface area contributed by atoms with Crippen molar-refractivity contribution in [3.63, 3.8) is 0 Å². The van der Waals surface area contributed by atoms with Crippen molar-refractivity contribution in [3.05, 3.63) is 24.3 Å². The molecular formula is C14H23NO3S. The number of allylic oxidation sites excluding steroid dienone is 1. The van der Waals surface area contributed by atoms with Crippen LogP contribution in [0.3, 0.4) is 0 Å². The fraction of sp³-hybridized carbons (Fsp3) is 0.643. The van der Waals surface area contributed by atoms with Crippen molar-refractivity contribution in [1.29, 1.82) is 0 Å². The summed E-state index contributed by atoms with van der Waals surface area (Å²) in [5, 5.41) is 1.69. The Hall–Kier alpha value is -1.10. The SMILES string of the molecule is C=CCS(=O)(=O)C(C)C(=O)NCCC1=CCCCC1. The third-order valence-corrected chi connectivity index (χ3v) is 5.38. The van der Waals surface area contributed by atoms with Crippen LogP contribution in [0.1, 0.15) is 39.0 Å². The molecule has 0 fully saturated rings. The minimum Gasteiger partial charge on any atom is -0.355 e. The number of carbonyl (C=O) groups excluding carboxylic acids is 1. The second-order valence-corrected chi connectivity index (χ2v) is 7.28. The smallest absolute Gasteiger partial charge is 0.238 e. The standard InChI is InChI=1S/C14H23NO3S/c1-3-11-19(17,18)12(2)14(16)15-10-9-13-7-5-4-6-8-13/h3,7,12H,1,4-6,8-11H2,2H3,(H,15,16). The van der Waals surface area contributed by atoms with Gasteiger partial charge >= 0.3 is 0 Å². The number of hydrogen-bond donors (Lipinski definition) is 1. The number of nitrogens with one attached hydrogen (secondary N) is 1. The zero-order chi connectivity index (χ0) is 14.3. The quantitative estimate of drug-likeness (QED) is 0.728. The highest BCUT2D eigenvalue weighted by Crippen LogP contribution is 2.19. The molecule has 5 heteroatoms. The summed E-state index contributed by atoms with van der Waals surface area (Å²) in [5.41, 5.74) is 1.37. The Morgan fingerprint density at radius 3 is 2.84 bits per heavy atom. The number of rotatable bonds is 7. The molecule has 1 aliphatic rings. The first-order valence-electron chi connectivity index (χ1n) is 6.75. The van der Waals surface area contributed by atoms with Gasteiger partial charge in [-0.2, -0.15) is 0 Å². The normalized spacial score (nSPS) is 17.4. The van der Waals surface area contributed by atoms with Crippen molar-refractivity contribution < 1.29 is 13.2 Å². The first kappa shape index (κ1) is 16.0. The van der Waals surface area contributed by atoms with Crippen molar-refractivity contribution >= 4 is 15.7 Å². The molecule has 1 unspecified atom stereocenters. The molecule has 4 nitrogen and oxygen atoms in total. The van der Waals surface area contributed by atoms with E-state index in [1.807, 2.05) is 0 Å². The molecule has 19 heavy (non-hydrogen) atoms. The predicted molar refractivity (Wildman–Crippen MR) is 77.6 cm³/mol. The second-order valence-electron chi connectivity index (χ2n) is 4.91. The average Bonchev–Trinajstić information content (AvgIpc) is 2.39. The molecule has 0 radical (unpaired) electrons. The molecular weight excluding hydrogens is 262 g/mol. The zero-order valence-electron chi connectivity index (χ0n) is 11.5. The molecule has 0 heterocycles. The molecule has 0 bridgehead atoms. The summed E-state index contributed by atoms with van der Waals surface area (Å²) in [6, 6.07) is 0. The van der Waals surface area contributed by atoms with Gasteiger partial charge in [0.15, 0.2) is 9.84 Å². The third-order valence-electron chi connectivity index (χ3n) is 3.39. The maximum Gasteiger partial charge on any atom is 0.238 e. The molecule has 0 aliphatic heterocycles. The highest BCUT2D eigenvalue weighted by atomic mass is 32.2. The Morgan fingerprint density at radius 2 is 2.26 bits per heavy atom. The summed E-state index contributed by atoms with van der Waals surface area (Å²) in [6.45, 7) is 5.33. The summed E-state index contributed by atoms with van der Waals surface area (Å²) in [4.78, 5) is 11.8. The van der Waals surface area contributed by atoms with Gasteiger partial charge in [-0.3, -0.25) is 4.79 Å². The van der Waals surface area contributed by atoms with Gasteiger partial charge in [0.05, 0.1) is 5.75 Å². The lowest BCUT2D eigenvalue weighted by molar-refractivity contribution is -0.120. The minimum atomic E-state index is -3.41. The summed E-state index contributed by atoms with van der Waals surface area (Å²) < 4.78 is 23.4. The topological polar surface area (TPSA) is 63.2 Å². The Kier molecular flexibility index (Phi) is 6.28. The van der Waals surface area contributed by atoms with Gasteiger partial charge in [0, 0.05) is 6.54 Å². The van der Waals surface area contributed by atoms with E-state index < -0.39 is 21.0 Å². The van der Waals surface area contributed by atoms with Gasteiger partial charge in [-0.25, -0.2) is 8.42 Å². The third kappa shape index (κ3) is 5.19. The Labute approximate surface area is 115 Å². The van der Waals surface area contributed by atoms with Crippen molar-refractivity contribution in [2.75, 3.05) is 12.3 Å². The van der Waals surface area contributed by atoms with Crippen LogP contribution >= 0.6 is 0 Å². The molecule has 0 saturated heterocycles. The van der Waals surface area contributed by atoms with Crippen molar-refractivity contribution in [2.45, 2.75) is 44.3 Å². The van der Waals surface area contributed by atoms with Crippen LogP contribution in [0, 0.1) is 0 Å². The van der Waals surface area contributed by atoms with E-state index in [0.29, 0.717) is 6.54 Å². The summed E-state index contributed by atoms with van der Waals surface area (Å²) in [7, 11) is -3.41. The van der Waals surface area contributed by atoms with E-state index in [0.717, 1.165) is 19.3 Å². The van der Waals surface area contributed by atoms with Gasteiger partial charge in [-0.05, 0) is 39.0 Å². The van der Waals surface area contributed by atoms with E-state index in [2.05, 4.69) is 18.0 Å². The van der Waals surface area contributed by atoms with E-state index >= 15 is 0 Å². The molecule has 0 aromatic rings. The summed E-state index contributed by atoms with van der Waals surface area (Å²) in [6.07, 6.45) is 9.03. The molecule has 0 aromatic carbocycles. The molecule has 0 saturated carbocycles. The first-order chi connectivity index (χ1) is 8.97. The van der Waals surface area contributed by atoms with Crippen molar-refractivity contribution in [1.82, 2.24) is 5.32 Å². The average molecular weight is 285 g/mol. The van der Waals surface area contributed by atoms with Gasteiger partial charge in [0.25, 0.3) is 0 Å². The van der Waals surface area contributed by atoms with E-state index in [-0.39, 0.29) is 5.75 Å². The van der Waals surface area contributed by atoms with Crippen LogP contribution in [-0.4, -0.2) is 31.9 Å². The predicted octanol–water partition coefficient (Wildman–Crippen LogP) is 1.98. The van der Waals surface area contributed by atoms with Crippen LogP contribution in [0.2, 0.25) is 0 Å². The first-order valence-corrected chi connectivity index (χ1v) is 8.47. The summed E-state index contributed by atoms with van der Waals surface area (Å²) in [5.74, 6) is -0.578. The Balaban J connectivity index is 2.38. The Morgan fingerprint density at radius 1 is 1.53 bits per heavy atom. The molecule has 108 valence electrons. The molecule has 0 aromatic heterocycles. The summed E-state index contributed by atoms with van der Waals surface area (Å²) >= 11 is 0. The van der Waals surface area contributed by atoms with Gasteiger partial charge in [-0.15, -0.1) is 6.58 Å². The van der Waals surface area contributed by atoms with Crippen LogP contribution < -0.4 is 5.32 Å². The van der Waals surface area contributed by atoms with E-state index in [1.54, 1.807) is 0 Å². The van der Waals surface area contributed by atoms with Gasteiger partial charge < -0.3 is 5.32 Å². The maximum atomic E-state index is 11.8. The zero-order valence-corrected chi connectivity index (χ0v) is 12.3. The molecule has 1 N–H and O–H groups in total. The fourth-order valence-corrected chi connectivity index (χ4v) is 3.12. The number of carbonyl (C=O) groups is 1. The number of sulfone groups is 1. The minimum absolute atomic E-state index is 0.160. The van der Waals surface area contributed by atoms with E-state index in [4.69, 9.17) is 0 Å². The lowest BCUT2D eigenvalue weighted by Gasteiger charge is -2.15. The van der Waals surface area contributed by atoms with Gasteiger partial charge in [0.1, 0.15) is 5.25 Å². The highest BCUT2D eigenvalue weighted by molar-refractivity contribution is 7.92. The van der Waals surface area contributed by atoms with Crippen molar-refractivity contribution in [2.24, 2.45) is 0 Å². The fourth-order valence-electron chi connectivity index (χ4n) is 2.09. The van der Waals surface area contributed by atoms with Gasteiger partial charge in [0.2, 0.25) is 5.91 Å². The van der Waals surface area contributed by atoms with Gasteiger partial charge in [-0.1, -0.05) is 17.7 Å².